The number of benzene rings is 3. The van der Waals surface area contributed by atoms with E-state index in [-0.39, 0.29) is 35.5 Å². The molecular weight excluding hydrogens is 494 g/mol. The molecule has 2 heterocycles. The van der Waals surface area contributed by atoms with Gasteiger partial charge in [0.2, 0.25) is 5.88 Å². The molecule has 2 aliphatic rings. The second-order valence-corrected chi connectivity index (χ2v) is 9.77. The Labute approximate surface area is 226 Å². The summed E-state index contributed by atoms with van der Waals surface area (Å²) < 4.78 is 16.4. The Morgan fingerprint density at radius 3 is 2.54 bits per heavy atom. The Kier molecular flexibility index (Phi) is 5.98. The zero-order chi connectivity index (χ0) is 27.3. The predicted octanol–water partition coefficient (Wildman–Crippen LogP) is 4.63. The zero-order valence-electron chi connectivity index (χ0n) is 21.9. The standard InChI is InChI=1S/C30H29N5O4/c1-37-25-13-19(18(12-24(25)36)22-14-33-30(39-3)35-29(22)38-2)27-21-10-15-6-4-5-7-17(15)26(21)20-11-16(28(31)32)8-9-23(20)34-27/h4-9,11-14,21,26-27,34,36H,10H2,1-3H3,(H3,31,32). The van der Waals surface area contributed by atoms with Gasteiger partial charge in [-0.25, -0.2) is 4.98 Å². The quantitative estimate of drug-likeness (QED) is 0.212. The Bertz CT molecular complexity index is 1600. The Morgan fingerprint density at radius 1 is 0.974 bits per heavy atom. The van der Waals surface area contributed by atoms with E-state index in [1.807, 2.05) is 24.3 Å². The van der Waals surface area contributed by atoms with Crippen LogP contribution in [0.15, 0.2) is 60.8 Å². The number of hydrogen-bond acceptors (Lipinski definition) is 8. The lowest BCUT2D eigenvalue weighted by molar-refractivity contribution is 0.353. The molecule has 3 aromatic carbocycles. The first kappa shape index (κ1) is 24.5. The van der Waals surface area contributed by atoms with Gasteiger partial charge < -0.3 is 30.4 Å². The molecule has 198 valence electrons. The number of amidine groups is 1. The molecule has 1 aromatic heterocycles. The molecule has 3 unspecified atom stereocenters. The first-order valence-electron chi connectivity index (χ1n) is 12.6. The molecule has 4 aromatic rings. The summed E-state index contributed by atoms with van der Waals surface area (Å²) in [6, 6.07) is 18.0. The lowest BCUT2D eigenvalue weighted by Gasteiger charge is -2.39. The number of aromatic hydroxyl groups is 1. The van der Waals surface area contributed by atoms with Crippen molar-refractivity contribution in [3.05, 3.63) is 88.6 Å². The molecule has 1 aliphatic carbocycles. The molecule has 0 amide bonds. The van der Waals surface area contributed by atoms with E-state index in [1.165, 1.54) is 25.3 Å². The molecule has 39 heavy (non-hydrogen) atoms. The fourth-order valence-electron chi connectivity index (χ4n) is 6.06. The van der Waals surface area contributed by atoms with Crippen LogP contribution in [0.5, 0.6) is 23.4 Å². The third kappa shape index (κ3) is 3.98. The van der Waals surface area contributed by atoms with Gasteiger partial charge in [-0.2, -0.15) is 4.98 Å². The Morgan fingerprint density at radius 2 is 1.79 bits per heavy atom. The maximum atomic E-state index is 10.8. The lowest BCUT2D eigenvalue weighted by Crippen LogP contribution is -2.31. The summed E-state index contributed by atoms with van der Waals surface area (Å²) in [7, 11) is 4.58. The molecule has 3 atom stereocenters. The van der Waals surface area contributed by atoms with Crippen LogP contribution in [-0.4, -0.2) is 42.2 Å². The van der Waals surface area contributed by atoms with Crippen LogP contribution in [0.2, 0.25) is 0 Å². The van der Waals surface area contributed by atoms with Crippen molar-refractivity contribution in [2.24, 2.45) is 11.7 Å². The van der Waals surface area contributed by atoms with Crippen LogP contribution in [0.25, 0.3) is 11.1 Å². The minimum absolute atomic E-state index is 0.00249. The van der Waals surface area contributed by atoms with Crippen molar-refractivity contribution in [1.29, 1.82) is 5.41 Å². The van der Waals surface area contributed by atoms with Gasteiger partial charge in [-0.1, -0.05) is 24.3 Å². The fraction of sp³-hybridized carbons (Fsp3) is 0.233. The second kappa shape index (κ2) is 9.50. The van der Waals surface area contributed by atoms with Gasteiger partial charge in [0, 0.05) is 23.4 Å². The number of nitrogens with one attached hydrogen (secondary N) is 2. The Hall–Kier alpha value is -4.79. The normalized spacial score (nSPS) is 18.8. The van der Waals surface area contributed by atoms with Gasteiger partial charge in [-0.3, -0.25) is 5.41 Å². The molecule has 9 heteroatoms. The van der Waals surface area contributed by atoms with E-state index in [9.17, 15) is 5.11 Å². The van der Waals surface area contributed by atoms with Crippen LogP contribution in [0.1, 0.15) is 39.8 Å². The number of anilines is 1. The van der Waals surface area contributed by atoms with Crippen LogP contribution in [0.3, 0.4) is 0 Å². The highest BCUT2D eigenvalue weighted by atomic mass is 16.5. The van der Waals surface area contributed by atoms with Crippen LogP contribution in [0.4, 0.5) is 5.69 Å². The average molecular weight is 524 g/mol. The highest BCUT2D eigenvalue weighted by Gasteiger charge is 2.44. The molecule has 0 radical (unpaired) electrons. The van der Waals surface area contributed by atoms with Gasteiger partial charge in [0.15, 0.2) is 11.5 Å². The largest absolute Gasteiger partial charge is 0.504 e. The number of hydrogen-bond donors (Lipinski definition) is 4. The number of nitrogen functional groups attached to an aromatic ring is 1. The molecule has 1 aliphatic heterocycles. The van der Waals surface area contributed by atoms with Crippen LogP contribution < -0.4 is 25.3 Å². The highest BCUT2D eigenvalue weighted by molar-refractivity contribution is 5.96. The molecule has 6 rings (SSSR count). The van der Waals surface area contributed by atoms with E-state index in [2.05, 4.69) is 39.6 Å². The summed E-state index contributed by atoms with van der Waals surface area (Å²) >= 11 is 0. The SMILES string of the molecule is COc1ncc(-c2cc(O)c(OC)cc2C2Nc3ccc(C(=N)N)cc3C3c4ccccc4CC23)c(OC)n1. The topological polar surface area (TPSA) is 136 Å². The first-order valence-corrected chi connectivity index (χ1v) is 12.6. The number of ether oxygens (including phenoxy) is 3. The molecule has 0 saturated heterocycles. The summed E-state index contributed by atoms with van der Waals surface area (Å²) in [6.45, 7) is 0. The van der Waals surface area contributed by atoms with Gasteiger partial charge in [0.25, 0.3) is 0 Å². The zero-order valence-corrected chi connectivity index (χ0v) is 21.9. The molecule has 9 nitrogen and oxygen atoms in total. The first-order chi connectivity index (χ1) is 18.9. The van der Waals surface area contributed by atoms with Crippen molar-refractivity contribution in [3.63, 3.8) is 0 Å². The molecule has 0 bridgehead atoms. The van der Waals surface area contributed by atoms with E-state index in [0.29, 0.717) is 22.8 Å². The average Bonchev–Trinajstić information content (AvgIpc) is 3.36. The van der Waals surface area contributed by atoms with E-state index < -0.39 is 0 Å². The number of nitrogens with two attached hydrogens (primary N) is 1. The molecule has 5 N–H and O–H groups in total. The Balaban J connectivity index is 1.57. The van der Waals surface area contributed by atoms with Crippen molar-refractivity contribution in [3.8, 4) is 34.5 Å². The predicted molar refractivity (Wildman–Crippen MR) is 148 cm³/mol. The second-order valence-electron chi connectivity index (χ2n) is 9.77. The molecule has 0 spiro atoms. The number of fused-ring (bicyclic) bond motifs is 5. The minimum atomic E-state index is -0.158. The third-order valence-corrected chi connectivity index (χ3v) is 7.79. The maximum absolute atomic E-state index is 10.8. The van der Waals surface area contributed by atoms with Gasteiger partial charge in [-0.05, 0) is 70.5 Å². The monoisotopic (exact) mass is 523 g/mol. The van der Waals surface area contributed by atoms with E-state index in [0.717, 1.165) is 28.8 Å². The van der Waals surface area contributed by atoms with Gasteiger partial charge >= 0.3 is 6.01 Å². The number of nitrogens with zero attached hydrogens (tertiary/aromatic N) is 2. The smallest absolute Gasteiger partial charge is 0.319 e. The summed E-state index contributed by atoms with van der Waals surface area (Å²) in [5.74, 6) is 0.969. The van der Waals surface area contributed by atoms with Crippen molar-refractivity contribution < 1.29 is 19.3 Å². The van der Waals surface area contributed by atoms with Crippen molar-refractivity contribution in [2.45, 2.75) is 18.4 Å². The van der Waals surface area contributed by atoms with Gasteiger partial charge in [0.05, 0.1) is 32.9 Å². The minimum Gasteiger partial charge on any atom is -0.504 e. The summed E-state index contributed by atoms with van der Waals surface area (Å²) in [5, 5.41) is 22.6. The van der Waals surface area contributed by atoms with Crippen LogP contribution >= 0.6 is 0 Å². The number of methoxy groups -OCH3 is 3. The lowest BCUT2D eigenvalue weighted by atomic mass is 9.74. The number of phenols is 1. The summed E-state index contributed by atoms with van der Waals surface area (Å²) in [4.78, 5) is 8.71. The van der Waals surface area contributed by atoms with E-state index in [1.54, 1.807) is 19.4 Å². The summed E-state index contributed by atoms with van der Waals surface area (Å²) in [5.41, 5.74) is 13.5. The van der Waals surface area contributed by atoms with Crippen LogP contribution in [-0.2, 0) is 6.42 Å². The molecule has 0 fully saturated rings. The molecular formula is C30H29N5O4. The third-order valence-electron chi connectivity index (χ3n) is 7.79. The fourth-order valence-corrected chi connectivity index (χ4v) is 6.06. The van der Waals surface area contributed by atoms with E-state index >= 15 is 0 Å². The number of aromatic nitrogens is 2. The van der Waals surface area contributed by atoms with Crippen molar-refractivity contribution >= 4 is 11.5 Å². The summed E-state index contributed by atoms with van der Waals surface area (Å²) in [6.07, 6.45) is 2.49. The molecule has 0 saturated carbocycles. The maximum Gasteiger partial charge on any atom is 0.319 e. The van der Waals surface area contributed by atoms with Crippen molar-refractivity contribution in [2.75, 3.05) is 26.6 Å². The van der Waals surface area contributed by atoms with Crippen LogP contribution in [0, 0.1) is 11.3 Å². The van der Waals surface area contributed by atoms with Crippen molar-refractivity contribution in [1.82, 2.24) is 9.97 Å². The number of phenolic OH excluding ortho intramolecular Hbond substituents is 1. The number of rotatable bonds is 6. The van der Waals surface area contributed by atoms with Gasteiger partial charge in [0.1, 0.15) is 5.84 Å². The van der Waals surface area contributed by atoms with Gasteiger partial charge in [-0.15, -0.1) is 0 Å². The highest BCUT2D eigenvalue weighted by Crippen LogP contribution is 2.56. The van der Waals surface area contributed by atoms with E-state index in [4.69, 9.17) is 25.4 Å².